The van der Waals surface area contributed by atoms with E-state index in [2.05, 4.69) is 5.92 Å². The summed E-state index contributed by atoms with van der Waals surface area (Å²) >= 11 is 5.25. The summed E-state index contributed by atoms with van der Waals surface area (Å²) in [5.41, 5.74) is -0.512. The molecule has 2 heteroatoms. The Morgan fingerprint density at radius 2 is 2.25 bits per heavy atom. The van der Waals surface area contributed by atoms with E-state index in [1.807, 2.05) is 0 Å². The van der Waals surface area contributed by atoms with Crippen LogP contribution < -0.4 is 0 Å². The zero-order valence-corrected chi connectivity index (χ0v) is 5.83. The zero-order chi connectivity index (χ0) is 6.62. The molecule has 46 valence electrons. The van der Waals surface area contributed by atoms with Crippen molar-refractivity contribution in [2.75, 3.05) is 6.07 Å². The van der Waals surface area contributed by atoms with Crippen molar-refractivity contribution in [3.63, 3.8) is 0 Å². The van der Waals surface area contributed by atoms with Crippen molar-refractivity contribution in [1.82, 2.24) is 0 Å². The van der Waals surface area contributed by atoms with Crippen LogP contribution in [0.4, 0.5) is 0 Å². The van der Waals surface area contributed by atoms with E-state index in [4.69, 9.17) is 22.8 Å². The minimum atomic E-state index is -0.512. The second-order valence-electron chi connectivity index (χ2n) is 1.91. The molecule has 0 rings (SSSR count). The van der Waals surface area contributed by atoms with Gasteiger partial charge in [0, 0.05) is 0 Å². The molecule has 0 N–H and O–H groups in total. The average molecular weight is 133 g/mol. The minimum Gasteiger partial charge on any atom is -0.347 e. The van der Waals surface area contributed by atoms with Crippen LogP contribution in [0.2, 0.25) is 0 Å². The van der Waals surface area contributed by atoms with Crippen LogP contribution in [-0.4, -0.2) is 11.7 Å². The van der Waals surface area contributed by atoms with Gasteiger partial charge >= 0.3 is 0 Å². The van der Waals surface area contributed by atoms with Crippen molar-refractivity contribution < 1.29 is 4.74 Å². The highest BCUT2D eigenvalue weighted by Gasteiger charge is 2.11. The molecule has 0 aromatic carbocycles. The fraction of sp³-hybridized carbons (Fsp3) is 0.667. The Labute approximate surface area is 55.0 Å². The molecular weight excluding hydrogens is 124 g/mol. The largest absolute Gasteiger partial charge is 0.347 e. The number of hydrogen-bond acceptors (Lipinski definition) is 1. The lowest BCUT2D eigenvalue weighted by atomic mass is 10.2. The van der Waals surface area contributed by atoms with Gasteiger partial charge in [0.05, 0.1) is 0 Å². The van der Waals surface area contributed by atoms with Gasteiger partial charge in [-0.05, 0) is 13.8 Å². The SMILES string of the molecule is C#CC(C)(C)OCCl. The summed E-state index contributed by atoms with van der Waals surface area (Å²) in [4.78, 5) is 0. The van der Waals surface area contributed by atoms with Gasteiger partial charge in [0.2, 0.25) is 0 Å². The van der Waals surface area contributed by atoms with E-state index in [1.54, 1.807) is 13.8 Å². The van der Waals surface area contributed by atoms with Crippen molar-refractivity contribution in [1.29, 1.82) is 0 Å². The fourth-order valence-electron chi connectivity index (χ4n) is 0.178. The van der Waals surface area contributed by atoms with Crippen LogP contribution in [0, 0.1) is 12.3 Å². The molecule has 0 radical (unpaired) electrons. The lowest BCUT2D eigenvalue weighted by Gasteiger charge is -2.15. The topological polar surface area (TPSA) is 9.23 Å². The highest BCUT2D eigenvalue weighted by atomic mass is 35.5. The van der Waals surface area contributed by atoms with Gasteiger partial charge in [-0.3, -0.25) is 0 Å². The Kier molecular flexibility index (Phi) is 2.89. The Bertz CT molecular complexity index is 102. The van der Waals surface area contributed by atoms with Crippen LogP contribution in [0.15, 0.2) is 0 Å². The molecule has 0 aliphatic carbocycles. The van der Waals surface area contributed by atoms with Crippen LogP contribution in [0.1, 0.15) is 13.8 Å². The van der Waals surface area contributed by atoms with Crippen molar-refractivity contribution in [2.45, 2.75) is 19.4 Å². The van der Waals surface area contributed by atoms with E-state index in [9.17, 15) is 0 Å². The van der Waals surface area contributed by atoms with Gasteiger partial charge in [-0.2, -0.15) is 0 Å². The van der Waals surface area contributed by atoms with Gasteiger partial charge < -0.3 is 4.74 Å². The average Bonchev–Trinajstić information content (AvgIpc) is 1.67. The van der Waals surface area contributed by atoms with Crippen molar-refractivity contribution in [2.24, 2.45) is 0 Å². The number of alkyl halides is 1. The maximum atomic E-state index is 5.25. The number of rotatable bonds is 2. The van der Waals surface area contributed by atoms with Crippen LogP contribution in [0.3, 0.4) is 0 Å². The Balaban J connectivity index is 3.59. The Morgan fingerprint density at radius 1 is 1.75 bits per heavy atom. The van der Waals surface area contributed by atoms with Crippen LogP contribution in [-0.2, 0) is 4.74 Å². The van der Waals surface area contributed by atoms with E-state index in [-0.39, 0.29) is 6.07 Å². The van der Waals surface area contributed by atoms with E-state index < -0.39 is 5.60 Å². The van der Waals surface area contributed by atoms with E-state index in [0.717, 1.165) is 0 Å². The van der Waals surface area contributed by atoms with E-state index >= 15 is 0 Å². The molecule has 0 aliphatic rings. The van der Waals surface area contributed by atoms with Gasteiger partial charge in [-0.15, -0.1) is 6.42 Å². The Hall–Kier alpha value is -0.190. The summed E-state index contributed by atoms with van der Waals surface area (Å²) in [6.07, 6.45) is 5.06. The maximum Gasteiger partial charge on any atom is 0.124 e. The number of hydrogen-bond donors (Lipinski definition) is 0. The molecule has 0 aliphatic heterocycles. The predicted octanol–water partition coefficient (Wildman–Crippen LogP) is 1.61. The third-order valence-corrected chi connectivity index (χ3v) is 0.872. The number of halogens is 1. The summed E-state index contributed by atoms with van der Waals surface area (Å²) in [7, 11) is 0. The van der Waals surface area contributed by atoms with Gasteiger partial charge in [0.15, 0.2) is 0 Å². The summed E-state index contributed by atoms with van der Waals surface area (Å²) in [5, 5.41) is 0. The van der Waals surface area contributed by atoms with E-state index in [1.165, 1.54) is 0 Å². The lowest BCUT2D eigenvalue weighted by Crippen LogP contribution is -2.20. The zero-order valence-electron chi connectivity index (χ0n) is 5.07. The number of terminal acetylenes is 1. The molecule has 0 aromatic rings. The fourth-order valence-corrected chi connectivity index (χ4v) is 0.451. The summed E-state index contributed by atoms with van der Waals surface area (Å²) in [6, 6.07) is 0.150. The Morgan fingerprint density at radius 3 is 2.38 bits per heavy atom. The second-order valence-corrected chi connectivity index (χ2v) is 2.13. The first-order chi connectivity index (χ1) is 3.62. The molecule has 0 atom stereocenters. The van der Waals surface area contributed by atoms with Crippen molar-refractivity contribution in [3.05, 3.63) is 0 Å². The van der Waals surface area contributed by atoms with Gasteiger partial charge in [-0.25, -0.2) is 0 Å². The predicted molar refractivity (Wildman–Crippen MR) is 34.7 cm³/mol. The first kappa shape index (κ1) is 7.81. The molecule has 8 heavy (non-hydrogen) atoms. The first-order valence-corrected chi connectivity index (χ1v) is 2.83. The summed E-state index contributed by atoms with van der Waals surface area (Å²) in [5.74, 6) is 2.44. The van der Waals surface area contributed by atoms with Gasteiger partial charge in [0.1, 0.15) is 11.7 Å². The third kappa shape index (κ3) is 2.90. The smallest absolute Gasteiger partial charge is 0.124 e. The molecule has 0 bridgehead atoms. The summed E-state index contributed by atoms with van der Waals surface area (Å²) in [6.45, 7) is 3.57. The standard InChI is InChI=1S/C6H9ClO/c1-4-6(2,3)8-5-7/h1H,5H2,2-3H3. The van der Waals surface area contributed by atoms with Crippen molar-refractivity contribution >= 4 is 11.6 Å². The van der Waals surface area contributed by atoms with Crippen LogP contribution in [0.25, 0.3) is 0 Å². The second kappa shape index (κ2) is 2.96. The van der Waals surface area contributed by atoms with Crippen LogP contribution >= 0.6 is 11.6 Å². The highest BCUT2D eigenvalue weighted by Crippen LogP contribution is 2.06. The monoisotopic (exact) mass is 132 g/mol. The molecular formula is C6H9ClO. The maximum absolute atomic E-state index is 5.25. The molecule has 0 unspecified atom stereocenters. The lowest BCUT2D eigenvalue weighted by molar-refractivity contribution is 0.0595. The quantitative estimate of drug-likeness (QED) is 0.410. The van der Waals surface area contributed by atoms with Crippen molar-refractivity contribution in [3.8, 4) is 12.3 Å². The van der Waals surface area contributed by atoms with Crippen LogP contribution in [0.5, 0.6) is 0 Å². The summed E-state index contributed by atoms with van der Waals surface area (Å²) < 4.78 is 4.91. The van der Waals surface area contributed by atoms with Gasteiger partial charge in [-0.1, -0.05) is 17.5 Å². The molecule has 0 heterocycles. The molecule has 0 spiro atoms. The molecule has 1 nitrogen and oxygen atoms in total. The van der Waals surface area contributed by atoms with E-state index in [0.29, 0.717) is 0 Å². The minimum absolute atomic E-state index is 0.150. The molecule has 0 saturated heterocycles. The molecule has 0 aromatic heterocycles. The van der Waals surface area contributed by atoms with Gasteiger partial charge in [0.25, 0.3) is 0 Å². The molecule has 0 fully saturated rings. The molecule has 0 amide bonds. The third-order valence-electron chi connectivity index (χ3n) is 0.763. The first-order valence-electron chi connectivity index (χ1n) is 2.30. The number of ether oxygens (including phenoxy) is 1. The highest BCUT2D eigenvalue weighted by molar-refractivity contribution is 6.17. The normalized spacial score (nSPS) is 10.8. The molecule has 0 saturated carbocycles.